The lowest BCUT2D eigenvalue weighted by molar-refractivity contribution is -0.121. The minimum atomic E-state index is -0.115. The summed E-state index contributed by atoms with van der Waals surface area (Å²) in [4.78, 5) is 22.9. The highest BCUT2D eigenvalue weighted by atomic mass is 79.9. The van der Waals surface area contributed by atoms with Crippen LogP contribution in [0, 0.1) is 0 Å². The Morgan fingerprint density at radius 1 is 1.05 bits per heavy atom. The number of rotatable bonds is 7. The SMILES string of the molecule is CNCCC(=O)NCCC(=O)Nc1ccc(Br)cc1. The third kappa shape index (κ3) is 6.93. The largest absolute Gasteiger partial charge is 0.356 e. The Kier molecular flexibility index (Phi) is 7.14. The normalized spacial score (nSPS) is 10.0. The highest BCUT2D eigenvalue weighted by Gasteiger charge is 2.04. The van der Waals surface area contributed by atoms with E-state index < -0.39 is 0 Å². The van der Waals surface area contributed by atoms with E-state index in [2.05, 4.69) is 31.9 Å². The molecule has 0 heterocycles. The monoisotopic (exact) mass is 327 g/mol. The molecule has 1 aromatic rings. The molecule has 0 atom stereocenters. The third-order valence-electron chi connectivity index (χ3n) is 2.40. The number of halogens is 1. The number of anilines is 1. The topological polar surface area (TPSA) is 70.2 Å². The molecule has 1 aromatic carbocycles. The fraction of sp³-hybridized carbons (Fsp3) is 0.385. The molecule has 0 saturated heterocycles. The van der Waals surface area contributed by atoms with Gasteiger partial charge in [0, 0.05) is 36.1 Å². The van der Waals surface area contributed by atoms with Crippen molar-refractivity contribution in [2.24, 2.45) is 0 Å². The van der Waals surface area contributed by atoms with Gasteiger partial charge in [0.1, 0.15) is 0 Å². The van der Waals surface area contributed by atoms with Crippen LogP contribution in [0.3, 0.4) is 0 Å². The molecule has 0 aliphatic heterocycles. The van der Waals surface area contributed by atoms with Gasteiger partial charge in [-0.15, -0.1) is 0 Å². The van der Waals surface area contributed by atoms with E-state index >= 15 is 0 Å². The van der Waals surface area contributed by atoms with Gasteiger partial charge >= 0.3 is 0 Å². The Morgan fingerprint density at radius 3 is 2.32 bits per heavy atom. The van der Waals surface area contributed by atoms with Crippen molar-refractivity contribution in [1.29, 1.82) is 0 Å². The van der Waals surface area contributed by atoms with E-state index in [1.165, 1.54) is 0 Å². The second-order valence-corrected chi connectivity index (χ2v) is 4.92. The van der Waals surface area contributed by atoms with Crippen molar-refractivity contribution in [1.82, 2.24) is 10.6 Å². The highest BCUT2D eigenvalue weighted by molar-refractivity contribution is 9.10. The predicted octanol–water partition coefficient (Wildman–Crippen LogP) is 1.50. The van der Waals surface area contributed by atoms with Crippen LogP contribution in [0.15, 0.2) is 28.7 Å². The molecule has 0 saturated carbocycles. The molecule has 0 fully saturated rings. The van der Waals surface area contributed by atoms with Crippen LogP contribution < -0.4 is 16.0 Å². The van der Waals surface area contributed by atoms with Gasteiger partial charge in [0.15, 0.2) is 0 Å². The molecule has 3 N–H and O–H groups in total. The maximum absolute atomic E-state index is 11.6. The number of hydrogen-bond donors (Lipinski definition) is 3. The molecule has 0 aliphatic carbocycles. The van der Waals surface area contributed by atoms with E-state index in [4.69, 9.17) is 0 Å². The summed E-state index contributed by atoms with van der Waals surface area (Å²) in [5, 5.41) is 8.35. The zero-order chi connectivity index (χ0) is 14.1. The molecule has 0 bridgehead atoms. The Balaban J connectivity index is 2.21. The molecule has 0 radical (unpaired) electrons. The second-order valence-electron chi connectivity index (χ2n) is 4.01. The minimum absolute atomic E-state index is 0.0502. The molecule has 1 rings (SSSR count). The van der Waals surface area contributed by atoms with Crippen molar-refractivity contribution in [3.05, 3.63) is 28.7 Å². The van der Waals surface area contributed by atoms with E-state index in [0.29, 0.717) is 19.5 Å². The number of carbonyl (C=O) groups is 2. The lowest BCUT2D eigenvalue weighted by atomic mass is 10.3. The molecule has 0 aliphatic rings. The van der Waals surface area contributed by atoms with Crippen molar-refractivity contribution in [3.63, 3.8) is 0 Å². The number of nitrogens with one attached hydrogen (secondary N) is 3. The summed E-state index contributed by atoms with van der Waals surface area (Å²) in [6, 6.07) is 7.34. The number of hydrogen-bond acceptors (Lipinski definition) is 3. The van der Waals surface area contributed by atoms with Crippen molar-refractivity contribution in [2.75, 3.05) is 25.5 Å². The van der Waals surface area contributed by atoms with Crippen LogP contribution in [-0.2, 0) is 9.59 Å². The van der Waals surface area contributed by atoms with Gasteiger partial charge in [-0.3, -0.25) is 9.59 Å². The zero-order valence-electron chi connectivity index (χ0n) is 10.8. The highest BCUT2D eigenvalue weighted by Crippen LogP contribution is 2.14. The summed E-state index contributed by atoms with van der Waals surface area (Å²) in [7, 11) is 1.79. The standard InChI is InChI=1S/C13H18BrN3O2/c1-15-8-6-12(18)16-9-7-13(19)17-11-4-2-10(14)3-5-11/h2-5,15H,6-9H2,1H3,(H,16,18)(H,17,19). The summed E-state index contributed by atoms with van der Waals surface area (Å²) in [5.41, 5.74) is 0.745. The molecule has 0 unspecified atom stereocenters. The first-order chi connectivity index (χ1) is 9.11. The van der Waals surface area contributed by atoms with Crippen molar-refractivity contribution < 1.29 is 9.59 Å². The average molecular weight is 328 g/mol. The van der Waals surface area contributed by atoms with Crippen molar-refractivity contribution in [3.8, 4) is 0 Å². The summed E-state index contributed by atoms with van der Waals surface area (Å²) in [6.07, 6.45) is 0.687. The van der Waals surface area contributed by atoms with Gasteiger partial charge < -0.3 is 16.0 Å². The fourth-order valence-corrected chi connectivity index (χ4v) is 1.66. The molecule has 5 nitrogen and oxygen atoms in total. The average Bonchev–Trinajstić information content (AvgIpc) is 2.39. The van der Waals surface area contributed by atoms with Crippen LogP contribution in [0.5, 0.6) is 0 Å². The predicted molar refractivity (Wildman–Crippen MR) is 78.9 cm³/mol. The van der Waals surface area contributed by atoms with Gasteiger partial charge in [-0.1, -0.05) is 15.9 Å². The maximum atomic E-state index is 11.6. The van der Waals surface area contributed by atoms with E-state index in [0.717, 1.165) is 10.2 Å². The maximum Gasteiger partial charge on any atom is 0.226 e. The van der Waals surface area contributed by atoms with Gasteiger partial charge in [-0.2, -0.15) is 0 Å². The Morgan fingerprint density at radius 2 is 1.68 bits per heavy atom. The van der Waals surface area contributed by atoms with Crippen LogP contribution in [0.25, 0.3) is 0 Å². The van der Waals surface area contributed by atoms with Crippen LogP contribution >= 0.6 is 15.9 Å². The van der Waals surface area contributed by atoms with Crippen molar-refractivity contribution >= 4 is 33.4 Å². The first-order valence-corrected chi connectivity index (χ1v) is 6.88. The summed E-state index contributed by atoms with van der Waals surface area (Å²) >= 11 is 3.32. The van der Waals surface area contributed by atoms with Crippen LogP contribution in [0.1, 0.15) is 12.8 Å². The van der Waals surface area contributed by atoms with Gasteiger partial charge in [0.05, 0.1) is 0 Å². The second kappa shape index (κ2) is 8.66. The van der Waals surface area contributed by atoms with E-state index in [-0.39, 0.29) is 18.2 Å². The molecular formula is C13H18BrN3O2. The molecule has 19 heavy (non-hydrogen) atoms. The summed E-state index contributed by atoms with van der Waals surface area (Å²) < 4.78 is 0.960. The van der Waals surface area contributed by atoms with E-state index in [9.17, 15) is 9.59 Å². The number of benzene rings is 1. The molecular weight excluding hydrogens is 310 g/mol. The van der Waals surface area contributed by atoms with Crippen molar-refractivity contribution in [2.45, 2.75) is 12.8 Å². The Labute approximate surface area is 121 Å². The van der Waals surface area contributed by atoms with Gasteiger partial charge in [0.2, 0.25) is 11.8 Å². The van der Waals surface area contributed by atoms with E-state index in [1.807, 2.05) is 24.3 Å². The number of amides is 2. The van der Waals surface area contributed by atoms with Crippen LogP contribution in [0.4, 0.5) is 5.69 Å². The van der Waals surface area contributed by atoms with Gasteiger partial charge in [0.25, 0.3) is 0 Å². The van der Waals surface area contributed by atoms with Gasteiger partial charge in [-0.25, -0.2) is 0 Å². The van der Waals surface area contributed by atoms with E-state index in [1.54, 1.807) is 7.05 Å². The number of carbonyl (C=O) groups excluding carboxylic acids is 2. The molecule has 104 valence electrons. The lowest BCUT2D eigenvalue weighted by Crippen LogP contribution is -2.29. The molecule has 2 amide bonds. The smallest absolute Gasteiger partial charge is 0.226 e. The summed E-state index contributed by atoms with van der Waals surface area (Å²) in [6.45, 7) is 0.988. The first-order valence-electron chi connectivity index (χ1n) is 6.08. The summed E-state index contributed by atoms with van der Waals surface area (Å²) in [5.74, 6) is -0.165. The Hall–Kier alpha value is -1.40. The lowest BCUT2D eigenvalue weighted by Gasteiger charge is -2.06. The zero-order valence-corrected chi connectivity index (χ0v) is 12.4. The Bertz CT molecular complexity index is 420. The molecule has 0 aromatic heterocycles. The van der Waals surface area contributed by atoms with Crippen LogP contribution in [-0.4, -0.2) is 32.0 Å². The first kappa shape index (κ1) is 15.7. The third-order valence-corrected chi connectivity index (χ3v) is 2.93. The molecule has 6 heteroatoms. The minimum Gasteiger partial charge on any atom is -0.356 e. The quantitative estimate of drug-likeness (QED) is 0.710. The molecule has 0 spiro atoms. The van der Waals surface area contributed by atoms with Crippen LogP contribution in [0.2, 0.25) is 0 Å². The fourth-order valence-electron chi connectivity index (χ4n) is 1.40. The van der Waals surface area contributed by atoms with Gasteiger partial charge in [-0.05, 0) is 31.3 Å².